The van der Waals surface area contributed by atoms with Crippen molar-refractivity contribution in [2.24, 2.45) is 5.73 Å². The molecule has 2 N–H and O–H groups in total. The summed E-state index contributed by atoms with van der Waals surface area (Å²) in [6, 6.07) is 0. The number of nitrogens with two attached hydrogens (primary N) is 1. The predicted molar refractivity (Wildman–Crippen MR) is 51.0 cm³/mol. The molecule has 1 heterocycles. The lowest BCUT2D eigenvalue weighted by molar-refractivity contribution is 1.05. The van der Waals surface area contributed by atoms with Crippen molar-refractivity contribution in [1.82, 2.24) is 9.97 Å². The Labute approximate surface area is 76.1 Å². The van der Waals surface area contributed by atoms with Crippen LogP contribution in [-0.4, -0.2) is 22.3 Å². The fraction of sp³-hybridized carbons (Fsp3) is 0.250. The monoisotopic (exact) mass is 181 g/mol. The number of aromatic nitrogens is 2. The van der Waals surface area contributed by atoms with Gasteiger partial charge in [-0.05, 0) is 0 Å². The highest BCUT2D eigenvalue weighted by Gasteiger charge is 1.95. The molecule has 0 aliphatic carbocycles. The van der Waals surface area contributed by atoms with E-state index in [1.165, 1.54) is 0 Å². The summed E-state index contributed by atoms with van der Waals surface area (Å²) >= 11 is 1.60. The molecule has 1 aromatic heterocycles. The van der Waals surface area contributed by atoms with Gasteiger partial charge in [0, 0.05) is 24.7 Å². The molecule has 0 fully saturated rings. The summed E-state index contributed by atoms with van der Waals surface area (Å²) < 4.78 is 0. The van der Waals surface area contributed by atoms with Crippen LogP contribution in [0.3, 0.4) is 0 Å². The van der Waals surface area contributed by atoms with Gasteiger partial charge < -0.3 is 5.73 Å². The van der Waals surface area contributed by atoms with E-state index < -0.39 is 0 Å². The fourth-order valence-electron chi connectivity index (χ4n) is 0.595. The van der Waals surface area contributed by atoms with Gasteiger partial charge in [-0.15, -0.1) is 11.8 Å². The van der Waals surface area contributed by atoms with E-state index in [4.69, 9.17) is 5.73 Å². The second kappa shape index (κ2) is 4.90. The highest BCUT2D eigenvalue weighted by Crippen LogP contribution is 2.14. The fourth-order valence-corrected chi connectivity index (χ4v) is 1.34. The molecule has 0 amide bonds. The third-order valence-electron chi connectivity index (χ3n) is 1.25. The number of hydrogen-bond acceptors (Lipinski definition) is 4. The summed E-state index contributed by atoms with van der Waals surface area (Å²) in [5.74, 6) is 0.815. The third-order valence-corrected chi connectivity index (χ3v) is 2.31. The minimum Gasteiger partial charge on any atom is -0.327 e. The number of nitrogens with zero attached hydrogens (tertiary/aromatic N) is 2. The summed E-state index contributed by atoms with van der Waals surface area (Å²) in [4.78, 5) is 8.05. The van der Waals surface area contributed by atoms with E-state index in [0.717, 1.165) is 16.4 Å². The van der Waals surface area contributed by atoms with E-state index in [0.29, 0.717) is 6.54 Å². The van der Waals surface area contributed by atoms with Gasteiger partial charge in [-0.3, -0.25) is 4.98 Å². The lowest BCUT2D eigenvalue weighted by atomic mass is 10.4. The van der Waals surface area contributed by atoms with Crippen LogP contribution in [0.4, 0.5) is 0 Å². The van der Waals surface area contributed by atoms with Crippen molar-refractivity contribution in [2.45, 2.75) is 5.03 Å². The Morgan fingerprint density at radius 2 is 2.42 bits per heavy atom. The molecule has 4 heteroatoms. The van der Waals surface area contributed by atoms with Gasteiger partial charge >= 0.3 is 0 Å². The van der Waals surface area contributed by atoms with Gasteiger partial charge in [0.2, 0.25) is 0 Å². The van der Waals surface area contributed by atoms with Gasteiger partial charge in [-0.2, -0.15) is 0 Å². The molecule has 0 aromatic carbocycles. The first-order chi connectivity index (χ1) is 5.83. The molecule has 0 saturated carbocycles. The largest absolute Gasteiger partial charge is 0.327 e. The maximum atomic E-state index is 5.39. The Morgan fingerprint density at radius 3 is 3.00 bits per heavy atom. The average Bonchev–Trinajstić information content (AvgIpc) is 2.16. The van der Waals surface area contributed by atoms with Crippen molar-refractivity contribution >= 4 is 11.8 Å². The Bertz CT molecular complexity index is 248. The Hall–Kier alpha value is -0.870. The molecule has 12 heavy (non-hydrogen) atoms. The van der Waals surface area contributed by atoms with Crippen LogP contribution in [0, 0.1) is 0 Å². The van der Waals surface area contributed by atoms with Crippen LogP contribution in [0.25, 0.3) is 0 Å². The second-order valence-corrected chi connectivity index (χ2v) is 3.28. The molecule has 0 bridgehead atoms. The molecule has 0 atom stereocenters. The van der Waals surface area contributed by atoms with Gasteiger partial charge in [0.05, 0.1) is 6.20 Å². The summed E-state index contributed by atoms with van der Waals surface area (Å²) in [5, 5.41) is 0.909. The zero-order chi connectivity index (χ0) is 8.81. The van der Waals surface area contributed by atoms with E-state index in [-0.39, 0.29) is 0 Å². The summed E-state index contributed by atoms with van der Waals surface area (Å²) in [6.07, 6.45) is 5.06. The zero-order valence-electron chi connectivity index (χ0n) is 6.73. The SMILES string of the molecule is C=C(CN)CSc1cnccn1. The van der Waals surface area contributed by atoms with Crippen molar-refractivity contribution in [1.29, 1.82) is 0 Å². The molecule has 0 aliphatic heterocycles. The van der Waals surface area contributed by atoms with Gasteiger partial charge in [0.15, 0.2) is 0 Å². The number of rotatable bonds is 4. The maximum Gasteiger partial charge on any atom is 0.115 e. The van der Waals surface area contributed by atoms with E-state index >= 15 is 0 Å². The van der Waals surface area contributed by atoms with Crippen molar-refractivity contribution in [3.8, 4) is 0 Å². The van der Waals surface area contributed by atoms with Crippen LogP contribution in [-0.2, 0) is 0 Å². The second-order valence-electron chi connectivity index (χ2n) is 2.29. The zero-order valence-corrected chi connectivity index (χ0v) is 7.55. The summed E-state index contributed by atoms with van der Waals surface area (Å²) in [6.45, 7) is 4.33. The molecule has 0 aliphatic rings. The molecule has 0 unspecified atom stereocenters. The quantitative estimate of drug-likeness (QED) is 0.558. The van der Waals surface area contributed by atoms with Gasteiger partial charge in [-0.25, -0.2) is 4.98 Å². The lowest BCUT2D eigenvalue weighted by Crippen LogP contribution is -2.03. The van der Waals surface area contributed by atoms with Gasteiger partial charge in [0.25, 0.3) is 0 Å². The minimum absolute atomic E-state index is 0.535. The van der Waals surface area contributed by atoms with Crippen LogP contribution in [0.1, 0.15) is 0 Å². The van der Waals surface area contributed by atoms with Crippen molar-refractivity contribution in [3.63, 3.8) is 0 Å². The molecule has 1 rings (SSSR count). The Balaban J connectivity index is 2.38. The van der Waals surface area contributed by atoms with Crippen LogP contribution < -0.4 is 5.73 Å². The topological polar surface area (TPSA) is 51.8 Å². The highest BCUT2D eigenvalue weighted by molar-refractivity contribution is 7.99. The first-order valence-corrected chi connectivity index (χ1v) is 4.57. The highest BCUT2D eigenvalue weighted by atomic mass is 32.2. The first kappa shape index (κ1) is 9.22. The molecule has 0 spiro atoms. The van der Waals surface area contributed by atoms with Gasteiger partial charge in [-0.1, -0.05) is 12.2 Å². The average molecular weight is 181 g/mol. The molecule has 3 nitrogen and oxygen atoms in total. The summed E-state index contributed by atoms with van der Waals surface area (Å²) in [5.41, 5.74) is 6.41. The smallest absolute Gasteiger partial charge is 0.115 e. The van der Waals surface area contributed by atoms with E-state index in [1.54, 1.807) is 30.4 Å². The molecule has 64 valence electrons. The molecular formula is C8H11N3S. The number of thioether (sulfide) groups is 1. The van der Waals surface area contributed by atoms with Crippen LogP contribution in [0.5, 0.6) is 0 Å². The first-order valence-electron chi connectivity index (χ1n) is 3.58. The predicted octanol–water partition coefficient (Wildman–Crippen LogP) is 1.08. The lowest BCUT2D eigenvalue weighted by Gasteiger charge is -2.00. The van der Waals surface area contributed by atoms with E-state index in [2.05, 4.69) is 16.5 Å². The molecule has 0 saturated heterocycles. The third kappa shape index (κ3) is 3.02. The minimum atomic E-state index is 0.535. The molecular weight excluding hydrogens is 170 g/mol. The summed E-state index contributed by atoms with van der Waals surface area (Å²) in [7, 11) is 0. The molecule has 1 aromatic rings. The van der Waals surface area contributed by atoms with Crippen LogP contribution in [0.2, 0.25) is 0 Å². The number of hydrogen-bond donors (Lipinski definition) is 1. The van der Waals surface area contributed by atoms with Crippen LogP contribution in [0.15, 0.2) is 35.8 Å². The standard InChI is InChI=1S/C8H11N3S/c1-7(4-9)6-12-8-5-10-2-3-11-8/h2-3,5H,1,4,6,9H2. The Kier molecular flexibility index (Phi) is 3.76. The normalized spacial score (nSPS) is 9.75. The van der Waals surface area contributed by atoms with Crippen molar-refractivity contribution in [2.75, 3.05) is 12.3 Å². The van der Waals surface area contributed by atoms with Gasteiger partial charge in [0.1, 0.15) is 5.03 Å². The maximum absolute atomic E-state index is 5.39. The Morgan fingerprint density at radius 1 is 1.58 bits per heavy atom. The van der Waals surface area contributed by atoms with E-state index in [1.807, 2.05) is 0 Å². The van der Waals surface area contributed by atoms with Crippen LogP contribution >= 0.6 is 11.8 Å². The molecule has 0 radical (unpaired) electrons. The van der Waals surface area contributed by atoms with E-state index in [9.17, 15) is 0 Å². The van der Waals surface area contributed by atoms with Crippen molar-refractivity contribution < 1.29 is 0 Å². The van der Waals surface area contributed by atoms with Crippen molar-refractivity contribution in [3.05, 3.63) is 30.7 Å².